The lowest BCUT2D eigenvalue weighted by Crippen LogP contribution is -2.11. The second kappa shape index (κ2) is 9.99. The highest BCUT2D eigenvalue weighted by Gasteiger charge is 2.16. The number of unbranched alkanes of at least 4 members (excludes halogenated alkanes) is 1. The predicted octanol–water partition coefficient (Wildman–Crippen LogP) is 4.27. The number of rotatable bonds is 9. The van der Waals surface area contributed by atoms with E-state index in [9.17, 15) is 4.79 Å². The molecule has 1 saturated heterocycles. The Hall–Kier alpha value is -1.51. The number of amides is 1. The predicted molar refractivity (Wildman–Crippen MR) is 108 cm³/mol. The number of hydrogen-bond donors (Lipinski definition) is 2. The number of hydrogen-bond acceptors (Lipinski definition) is 6. The van der Waals surface area contributed by atoms with E-state index < -0.39 is 0 Å². The Kier molecular flexibility index (Phi) is 7.40. The maximum Gasteiger partial charge on any atom is 0.224 e. The summed E-state index contributed by atoms with van der Waals surface area (Å²) in [7, 11) is 5.59. The molecule has 140 valence electrons. The van der Waals surface area contributed by atoms with Crippen LogP contribution in [0.3, 0.4) is 0 Å². The molecule has 0 bridgehead atoms. The Morgan fingerprint density at radius 1 is 1.42 bits per heavy atom. The summed E-state index contributed by atoms with van der Waals surface area (Å²) in [4.78, 5) is 16.6. The van der Waals surface area contributed by atoms with Gasteiger partial charge in [0.1, 0.15) is 6.61 Å². The van der Waals surface area contributed by atoms with Crippen LogP contribution < -0.4 is 5.32 Å². The number of aromatic amines is 1. The van der Waals surface area contributed by atoms with Crippen LogP contribution in [0.25, 0.3) is 11.4 Å². The standard InChI is InChI=1S/C18H24N4O2S2/c1-24-12-16-20-18(22-21-16)13-5-4-6-14(11-13)19-17(23)8-3-2-7-15-9-10-25-26-15/h4-6,11,15H,2-3,7-10,12H2,1H3,(H,19,23)(H,20,21,22)/t15-/m1/s1. The molecule has 1 amide bonds. The third-order valence-electron chi connectivity index (χ3n) is 4.12. The fourth-order valence-electron chi connectivity index (χ4n) is 2.81. The van der Waals surface area contributed by atoms with Crippen molar-refractivity contribution in [2.24, 2.45) is 0 Å². The van der Waals surface area contributed by atoms with Crippen molar-refractivity contribution < 1.29 is 9.53 Å². The SMILES string of the molecule is COCc1nc(-c2cccc(NC(=O)CCCC[C@@H]3CCSS3)c2)n[nH]1. The van der Waals surface area contributed by atoms with Crippen LogP contribution in [-0.4, -0.2) is 39.2 Å². The van der Waals surface area contributed by atoms with Crippen LogP contribution in [0.2, 0.25) is 0 Å². The first-order valence-corrected chi connectivity index (χ1v) is 11.2. The highest BCUT2D eigenvalue weighted by Crippen LogP contribution is 2.39. The van der Waals surface area contributed by atoms with Gasteiger partial charge in [0.05, 0.1) is 0 Å². The molecule has 0 saturated carbocycles. The van der Waals surface area contributed by atoms with Crippen LogP contribution in [0.5, 0.6) is 0 Å². The monoisotopic (exact) mass is 392 g/mol. The molecule has 2 aromatic rings. The maximum atomic E-state index is 12.2. The van der Waals surface area contributed by atoms with Gasteiger partial charge in [0.15, 0.2) is 11.6 Å². The van der Waals surface area contributed by atoms with E-state index in [4.69, 9.17) is 4.74 Å². The first-order chi connectivity index (χ1) is 12.7. The molecule has 1 atom stereocenters. The van der Waals surface area contributed by atoms with E-state index in [-0.39, 0.29) is 5.91 Å². The molecule has 8 heteroatoms. The van der Waals surface area contributed by atoms with Crippen LogP contribution in [-0.2, 0) is 16.1 Å². The van der Waals surface area contributed by atoms with E-state index in [1.54, 1.807) is 7.11 Å². The average Bonchev–Trinajstić information content (AvgIpc) is 3.31. The Labute approximate surface area is 161 Å². The maximum absolute atomic E-state index is 12.2. The number of nitrogens with one attached hydrogen (secondary N) is 2. The number of carbonyl (C=O) groups is 1. The normalized spacial score (nSPS) is 16.7. The third kappa shape index (κ3) is 5.75. The topological polar surface area (TPSA) is 79.9 Å². The van der Waals surface area contributed by atoms with Crippen molar-refractivity contribution in [3.05, 3.63) is 30.1 Å². The van der Waals surface area contributed by atoms with Crippen LogP contribution >= 0.6 is 21.6 Å². The van der Waals surface area contributed by atoms with E-state index in [1.807, 2.05) is 45.9 Å². The summed E-state index contributed by atoms with van der Waals surface area (Å²) in [5.74, 6) is 2.60. The first-order valence-electron chi connectivity index (χ1n) is 8.83. The Balaban J connectivity index is 1.47. The highest BCUT2D eigenvalue weighted by atomic mass is 33.1. The third-order valence-corrected chi connectivity index (χ3v) is 7.13. The second-order valence-electron chi connectivity index (χ2n) is 6.24. The molecule has 2 heterocycles. The van der Waals surface area contributed by atoms with Gasteiger partial charge in [-0.2, -0.15) is 5.10 Å². The summed E-state index contributed by atoms with van der Waals surface area (Å²) < 4.78 is 5.04. The molecule has 0 aliphatic carbocycles. The lowest BCUT2D eigenvalue weighted by Gasteiger charge is -2.08. The van der Waals surface area contributed by atoms with Gasteiger partial charge in [0.25, 0.3) is 0 Å². The van der Waals surface area contributed by atoms with Crippen LogP contribution in [0.15, 0.2) is 24.3 Å². The summed E-state index contributed by atoms with van der Waals surface area (Å²) in [6.45, 7) is 0.390. The summed E-state index contributed by atoms with van der Waals surface area (Å²) in [6.07, 6.45) is 5.14. The number of nitrogens with zero attached hydrogens (tertiary/aromatic N) is 2. The molecule has 0 spiro atoms. The van der Waals surface area contributed by atoms with Crippen molar-refractivity contribution >= 4 is 33.2 Å². The van der Waals surface area contributed by atoms with Crippen LogP contribution in [0.4, 0.5) is 5.69 Å². The molecular weight excluding hydrogens is 368 g/mol. The number of benzene rings is 1. The van der Waals surface area contributed by atoms with Crippen molar-refractivity contribution in [2.45, 2.75) is 44.0 Å². The molecule has 1 aliphatic heterocycles. The largest absolute Gasteiger partial charge is 0.377 e. The zero-order valence-corrected chi connectivity index (χ0v) is 16.5. The van der Waals surface area contributed by atoms with Gasteiger partial charge in [-0.1, -0.05) is 40.1 Å². The lowest BCUT2D eigenvalue weighted by molar-refractivity contribution is -0.116. The fraction of sp³-hybridized carbons (Fsp3) is 0.500. The van der Waals surface area contributed by atoms with Gasteiger partial charge in [-0.15, -0.1) is 0 Å². The summed E-state index contributed by atoms with van der Waals surface area (Å²) in [6, 6.07) is 7.60. The first kappa shape index (κ1) is 19.3. The molecule has 0 unspecified atom stereocenters. The number of aromatic nitrogens is 3. The number of ether oxygens (including phenoxy) is 1. The molecule has 1 aromatic carbocycles. The van der Waals surface area contributed by atoms with Crippen LogP contribution in [0.1, 0.15) is 37.9 Å². The molecular formula is C18H24N4O2S2. The number of methoxy groups -OCH3 is 1. The van der Waals surface area contributed by atoms with E-state index >= 15 is 0 Å². The molecule has 6 nitrogen and oxygen atoms in total. The minimum Gasteiger partial charge on any atom is -0.377 e. The van der Waals surface area contributed by atoms with Gasteiger partial charge in [-0.25, -0.2) is 4.98 Å². The smallest absolute Gasteiger partial charge is 0.224 e. The van der Waals surface area contributed by atoms with Gasteiger partial charge in [-0.05, 0) is 31.4 Å². The van der Waals surface area contributed by atoms with Crippen molar-refractivity contribution in [3.63, 3.8) is 0 Å². The molecule has 0 radical (unpaired) electrons. The number of H-pyrrole nitrogens is 1. The number of carbonyl (C=O) groups excluding carboxylic acids is 1. The zero-order chi connectivity index (χ0) is 18.2. The zero-order valence-electron chi connectivity index (χ0n) is 14.9. The summed E-state index contributed by atoms with van der Waals surface area (Å²) >= 11 is 0. The van der Waals surface area contributed by atoms with Gasteiger partial charge in [-0.3, -0.25) is 9.89 Å². The lowest BCUT2D eigenvalue weighted by atomic mass is 10.1. The van der Waals surface area contributed by atoms with E-state index in [0.29, 0.717) is 24.7 Å². The summed E-state index contributed by atoms with van der Waals surface area (Å²) in [5.41, 5.74) is 1.63. The average molecular weight is 393 g/mol. The van der Waals surface area contributed by atoms with Crippen LogP contribution in [0, 0.1) is 0 Å². The second-order valence-corrected chi connectivity index (χ2v) is 9.03. The molecule has 1 aromatic heterocycles. The Bertz CT molecular complexity index is 717. The molecule has 3 rings (SSSR count). The molecule has 2 N–H and O–H groups in total. The quantitative estimate of drug-likeness (QED) is 0.490. The van der Waals surface area contributed by atoms with Gasteiger partial charge >= 0.3 is 0 Å². The molecule has 1 fully saturated rings. The van der Waals surface area contributed by atoms with Gasteiger partial charge in [0.2, 0.25) is 5.91 Å². The van der Waals surface area contributed by atoms with E-state index in [2.05, 4.69) is 20.5 Å². The minimum atomic E-state index is 0.0608. The molecule has 26 heavy (non-hydrogen) atoms. The molecule has 1 aliphatic rings. The Morgan fingerprint density at radius 3 is 3.15 bits per heavy atom. The summed E-state index contributed by atoms with van der Waals surface area (Å²) in [5, 5.41) is 10.8. The highest BCUT2D eigenvalue weighted by molar-refractivity contribution is 8.77. The van der Waals surface area contributed by atoms with Crippen molar-refractivity contribution in [1.29, 1.82) is 0 Å². The van der Waals surface area contributed by atoms with Crippen molar-refractivity contribution in [3.8, 4) is 11.4 Å². The van der Waals surface area contributed by atoms with Gasteiger partial charge in [0, 0.05) is 35.8 Å². The van der Waals surface area contributed by atoms with Gasteiger partial charge < -0.3 is 10.1 Å². The van der Waals surface area contributed by atoms with Crippen molar-refractivity contribution in [1.82, 2.24) is 15.2 Å². The van der Waals surface area contributed by atoms with E-state index in [0.717, 1.165) is 29.3 Å². The van der Waals surface area contributed by atoms with E-state index in [1.165, 1.54) is 18.6 Å². The minimum absolute atomic E-state index is 0.0608. The number of anilines is 1. The fourth-order valence-corrected chi connectivity index (χ4v) is 5.83. The van der Waals surface area contributed by atoms with Crippen molar-refractivity contribution in [2.75, 3.05) is 18.2 Å². The Morgan fingerprint density at radius 2 is 2.35 bits per heavy atom.